The van der Waals surface area contributed by atoms with Crippen molar-refractivity contribution in [1.29, 1.82) is 0 Å². The molecule has 0 fully saturated rings. The highest BCUT2D eigenvalue weighted by atomic mass is 35.5. The van der Waals surface area contributed by atoms with E-state index < -0.39 is 0 Å². The number of rotatable bonds is 2. The third-order valence-corrected chi connectivity index (χ3v) is 3.99. The maximum atomic E-state index is 6.00. The molecule has 2 aromatic heterocycles. The molecule has 3 rings (SSSR count). The monoisotopic (exact) mass is 289 g/mol. The molecule has 0 N–H and O–H groups in total. The molecule has 0 bridgehead atoms. The first-order valence-corrected chi connectivity index (χ1v) is 7.12. The van der Waals surface area contributed by atoms with Crippen LogP contribution in [0, 0.1) is 6.92 Å². The van der Waals surface area contributed by atoms with E-state index in [1.807, 2.05) is 23.4 Å². The van der Waals surface area contributed by atoms with Crippen LogP contribution in [-0.4, -0.2) is 17.0 Å². The average molecular weight is 290 g/mol. The van der Waals surface area contributed by atoms with Gasteiger partial charge in [0.15, 0.2) is 0 Å². The lowest BCUT2D eigenvalue weighted by molar-refractivity contribution is 1.11. The number of aryl methyl sites for hydroxylation is 1. The Kier molecular flexibility index (Phi) is 3.12. The Hall–Kier alpha value is -1.65. The highest BCUT2D eigenvalue weighted by molar-refractivity contribution is 7.16. The van der Waals surface area contributed by atoms with Crippen LogP contribution in [0.2, 0.25) is 5.28 Å². The summed E-state index contributed by atoms with van der Waals surface area (Å²) >= 11 is 7.56. The van der Waals surface area contributed by atoms with E-state index >= 15 is 0 Å². The van der Waals surface area contributed by atoms with Gasteiger partial charge in [0.05, 0.1) is 5.39 Å². The molecule has 0 aliphatic heterocycles. The maximum absolute atomic E-state index is 6.00. The van der Waals surface area contributed by atoms with Crippen LogP contribution in [-0.2, 0) is 0 Å². The van der Waals surface area contributed by atoms with Gasteiger partial charge in [0.2, 0.25) is 5.28 Å². The van der Waals surface area contributed by atoms with Crippen LogP contribution >= 0.6 is 22.9 Å². The van der Waals surface area contributed by atoms with Crippen molar-refractivity contribution in [2.24, 2.45) is 0 Å². The Balaban J connectivity index is 2.12. The van der Waals surface area contributed by atoms with Crippen LogP contribution in [0.3, 0.4) is 0 Å². The van der Waals surface area contributed by atoms with E-state index in [-0.39, 0.29) is 5.28 Å². The largest absolute Gasteiger partial charge is 0.329 e. The Labute approximate surface area is 120 Å². The Morgan fingerprint density at radius 1 is 1.11 bits per heavy atom. The molecule has 0 saturated carbocycles. The summed E-state index contributed by atoms with van der Waals surface area (Å²) in [6.45, 7) is 2.07. The van der Waals surface area contributed by atoms with Gasteiger partial charge in [-0.1, -0.05) is 17.7 Å². The molecule has 0 spiro atoms. The Morgan fingerprint density at radius 3 is 2.58 bits per heavy atom. The third kappa shape index (κ3) is 2.29. The summed E-state index contributed by atoms with van der Waals surface area (Å²) in [5.74, 6) is 0.833. The highest BCUT2D eigenvalue weighted by Crippen LogP contribution is 2.32. The fraction of sp³-hybridized carbons (Fsp3) is 0.143. The molecule has 0 radical (unpaired) electrons. The van der Waals surface area contributed by atoms with Gasteiger partial charge < -0.3 is 4.90 Å². The van der Waals surface area contributed by atoms with Gasteiger partial charge in [0.1, 0.15) is 10.6 Å². The minimum atomic E-state index is 0.281. The van der Waals surface area contributed by atoms with Crippen molar-refractivity contribution in [3.8, 4) is 0 Å². The number of benzene rings is 1. The number of hydrogen-bond acceptors (Lipinski definition) is 4. The van der Waals surface area contributed by atoms with Gasteiger partial charge in [-0.2, -0.15) is 4.98 Å². The summed E-state index contributed by atoms with van der Waals surface area (Å²) in [6, 6.07) is 10.3. The zero-order chi connectivity index (χ0) is 13.4. The molecule has 1 aromatic carbocycles. The molecule has 3 nitrogen and oxygen atoms in total. The maximum Gasteiger partial charge on any atom is 0.225 e. The van der Waals surface area contributed by atoms with E-state index in [1.54, 1.807) is 11.3 Å². The zero-order valence-corrected chi connectivity index (χ0v) is 12.2. The molecule has 2 heterocycles. The second kappa shape index (κ2) is 4.79. The minimum absolute atomic E-state index is 0.281. The van der Waals surface area contributed by atoms with E-state index in [2.05, 4.69) is 41.2 Å². The molecule has 3 aromatic rings. The first-order chi connectivity index (χ1) is 9.15. The number of thiophene rings is 1. The molecule has 0 aliphatic carbocycles. The predicted octanol–water partition coefficient (Wildman–Crippen LogP) is 4.42. The van der Waals surface area contributed by atoms with Crippen molar-refractivity contribution in [3.05, 3.63) is 46.6 Å². The van der Waals surface area contributed by atoms with Crippen molar-refractivity contribution in [2.75, 3.05) is 11.9 Å². The smallest absolute Gasteiger partial charge is 0.225 e. The van der Waals surface area contributed by atoms with Gasteiger partial charge in [-0.05, 0) is 42.1 Å². The summed E-state index contributed by atoms with van der Waals surface area (Å²) in [4.78, 5) is 11.5. The highest BCUT2D eigenvalue weighted by Gasteiger charge is 2.13. The lowest BCUT2D eigenvalue weighted by atomic mass is 10.2. The number of anilines is 2. The van der Waals surface area contributed by atoms with E-state index in [9.17, 15) is 0 Å². The first kappa shape index (κ1) is 12.4. The zero-order valence-electron chi connectivity index (χ0n) is 10.6. The van der Waals surface area contributed by atoms with Crippen LogP contribution < -0.4 is 4.90 Å². The molecular formula is C14H12ClN3S. The lowest BCUT2D eigenvalue weighted by Crippen LogP contribution is -2.11. The third-order valence-electron chi connectivity index (χ3n) is 3.02. The van der Waals surface area contributed by atoms with Gasteiger partial charge in [0, 0.05) is 12.7 Å². The summed E-state index contributed by atoms with van der Waals surface area (Å²) < 4.78 is 0. The van der Waals surface area contributed by atoms with Crippen LogP contribution in [0.15, 0.2) is 35.7 Å². The van der Waals surface area contributed by atoms with E-state index in [1.165, 1.54) is 5.56 Å². The van der Waals surface area contributed by atoms with Gasteiger partial charge in [0.25, 0.3) is 0 Å². The summed E-state index contributed by atoms with van der Waals surface area (Å²) in [7, 11) is 1.99. The lowest BCUT2D eigenvalue weighted by Gasteiger charge is -2.19. The standard InChI is InChI=1S/C14H12ClN3S/c1-9-3-5-10(6-4-9)18(2)12-11-7-8-19-13(11)17-14(15)16-12/h3-8H,1-2H3. The SMILES string of the molecule is Cc1ccc(N(C)c2nc(Cl)nc3sccc23)cc1. The number of aromatic nitrogens is 2. The van der Waals surface area contributed by atoms with Gasteiger partial charge in [-0.3, -0.25) is 0 Å². The summed E-state index contributed by atoms with van der Waals surface area (Å²) in [5, 5.41) is 3.31. The Bertz CT molecular complexity index is 721. The molecule has 0 saturated heterocycles. The first-order valence-electron chi connectivity index (χ1n) is 5.86. The fourth-order valence-corrected chi connectivity index (χ4v) is 2.93. The summed E-state index contributed by atoms with van der Waals surface area (Å²) in [6.07, 6.45) is 0. The predicted molar refractivity (Wildman–Crippen MR) is 81.7 cm³/mol. The quantitative estimate of drug-likeness (QED) is 0.654. The number of nitrogens with zero attached hydrogens (tertiary/aromatic N) is 3. The normalized spacial score (nSPS) is 10.9. The molecule has 0 unspecified atom stereocenters. The average Bonchev–Trinajstić information content (AvgIpc) is 2.85. The number of hydrogen-bond donors (Lipinski definition) is 0. The van der Waals surface area contributed by atoms with Gasteiger partial charge in [-0.15, -0.1) is 11.3 Å². The molecule has 0 amide bonds. The van der Waals surface area contributed by atoms with E-state index in [4.69, 9.17) is 11.6 Å². The van der Waals surface area contributed by atoms with Crippen molar-refractivity contribution in [1.82, 2.24) is 9.97 Å². The van der Waals surface area contributed by atoms with Gasteiger partial charge in [-0.25, -0.2) is 4.98 Å². The molecule has 0 atom stereocenters. The molecular weight excluding hydrogens is 278 g/mol. The molecule has 96 valence electrons. The van der Waals surface area contributed by atoms with Crippen LogP contribution in [0.4, 0.5) is 11.5 Å². The van der Waals surface area contributed by atoms with Gasteiger partial charge >= 0.3 is 0 Å². The molecule has 19 heavy (non-hydrogen) atoms. The van der Waals surface area contributed by atoms with Crippen molar-refractivity contribution in [3.63, 3.8) is 0 Å². The second-order valence-corrected chi connectivity index (χ2v) is 5.58. The van der Waals surface area contributed by atoms with Crippen molar-refractivity contribution in [2.45, 2.75) is 6.92 Å². The fourth-order valence-electron chi connectivity index (χ4n) is 1.96. The minimum Gasteiger partial charge on any atom is -0.329 e. The van der Waals surface area contributed by atoms with Crippen LogP contribution in [0.5, 0.6) is 0 Å². The van der Waals surface area contributed by atoms with Crippen molar-refractivity contribution < 1.29 is 0 Å². The van der Waals surface area contributed by atoms with Crippen LogP contribution in [0.25, 0.3) is 10.2 Å². The number of halogens is 1. The van der Waals surface area contributed by atoms with Crippen LogP contribution in [0.1, 0.15) is 5.56 Å². The summed E-state index contributed by atoms with van der Waals surface area (Å²) in [5.41, 5.74) is 2.31. The molecule has 0 aliphatic rings. The van der Waals surface area contributed by atoms with E-state index in [0.29, 0.717) is 0 Å². The Morgan fingerprint density at radius 2 is 1.84 bits per heavy atom. The van der Waals surface area contributed by atoms with Crippen molar-refractivity contribution >= 4 is 44.7 Å². The second-order valence-electron chi connectivity index (χ2n) is 4.35. The molecule has 5 heteroatoms. The topological polar surface area (TPSA) is 29.0 Å². The number of fused-ring (bicyclic) bond motifs is 1. The van der Waals surface area contributed by atoms with E-state index in [0.717, 1.165) is 21.7 Å².